The van der Waals surface area contributed by atoms with Crippen molar-refractivity contribution in [2.75, 3.05) is 13.7 Å². The van der Waals surface area contributed by atoms with Crippen molar-refractivity contribution in [3.63, 3.8) is 0 Å². The molecule has 0 N–H and O–H groups in total. The lowest BCUT2D eigenvalue weighted by Gasteiger charge is -2.06. The molecule has 1 rings (SSSR count). The summed E-state index contributed by atoms with van der Waals surface area (Å²) in [5, 5.41) is 4.03. The van der Waals surface area contributed by atoms with Gasteiger partial charge in [0.2, 0.25) is 0 Å². The van der Waals surface area contributed by atoms with E-state index in [1.54, 1.807) is 31.4 Å². The number of halogens is 3. The summed E-state index contributed by atoms with van der Waals surface area (Å²) in [6.07, 6.45) is -4.85. The predicted octanol–water partition coefficient (Wildman–Crippen LogP) is 3.27. The van der Waals surface area contributed by atoms with E-state index in [9.17, 15) is 13.2 Å². The average Bonchev–Trinajstić information content (AvgIpc) is 2.24. The van der Waals surface area contributed by atoms with Gasteiger partial charge in [-0.25, -0.2) is 0 Å². The minimum atomic E-state index is -4.09. The minimum absolute atomic E-state index is 0.0233. The van der Waals surface area contributed by atoms with Gasteiger partial charge in [0.15, 0.2) is 0 Å². The summed E-state index contributed by atoms with van der Waals surface area (Å²) in [6.45, 7) is 0.186. The van der Waals surface area contributed by atoms with E-state index in [1.165, 1.54) is 0 Å². The Bertz CT molecular complexity index is 308. The van der Waals surface area contributed by atoms with Gasteiger partial charge in [-0.05, 0) is 30.7 Å². The summed E-state index contributed by atoms with van der Waals surface area (Å²) < 4.78 is 40.4. The van der Waals surface area contributed by atoms with Gasteiger partial charge in [0.1, 0.15) is 5.75 Å². The summed E-state index contributed by atoms with van der Waals surface area (Å²) in [7, 11) is 1.55. The first-order valence-corrected chi connectivity index (χ1v) is 4.89. The van der Waals surface area contributed by atoms with E-state index in [0.29, 0.717) is 11.4 Å². The van der Waals surface area contributed by atoms with Crippen LogP contribution >= 0.6 is 0 Å². The van der Waals surface area contributed by atoms with Crippen molar-refractivity contribution >= 4 is 5.69 Å². The SMILES string of the molecule is COc1ccc([N]CCCC(F)(F)F)cc1. The first kappa shape index (κ1) is 12.7. The van der Waals surface area contributed by atoms with Crippen molar-refractivity contribution < 1.29 is 17.9 Å². The molecule has 16 heavy (non-hydrogen) atoms. The van der Waals surface area contributed by atoms with Gasteiger partial charge >= 0.3 is 6.18 Å². The summed E-state index contributed by atoms with van der Waals surface area (Å²) in [5.41, 5.74) is 0.669. The quantitative estimate of drug-likeness (QED) is 0.714. The zero-order valence-corrected chi connectivity index (χ0v) is 8.92. The number of hydrogen-bond donors (Lipinski definition) is 0. The van der Waals surface area contributed by atoms with E-state index in [-0.39, 0.29) is 13.0 Å². The first-order valence-electron chi connectivity index (χ1n) is 4.89. The predicted molar refractivity (Wildman–Crippen MR) is 54.9 cm³/mol. The molecule has 0 atom stereocenters. The highest BCUT2D eigenvalue weighted by atomic mass is 19.4. The lowest BCUT2D eigenvalue weighted by atomic mass is 10.2. The Hall–Kier alpha value is -1.39. The van der Waals surface area contributed by atoms with Gasteiger partial charge in [-0.3, -0.25) is 5.32 Å². The van der Waals surface area contributed by atoms with Crippen molar-refractivity contribution in [3.05, 3.63) is 24.3 Å². The van der Waals surface area contributed by atoms with Crippen LogP contribution in [0.5, 0.6) is 5.75 Å². The molecule has 1 radical (unpaired) electrons. The second-order valence-corrected chi connectivity index (χ2v) is 3.30. The van der Waals surface area contributed by atoms with E-state index in [2.05, 4.69) is 5.32 Å². The molecule has 0 bridgehead atoms. The smallest absolute Gasteiger partial charge is 0.389 e. The van der Waals surface area contributed by atoms with Crippen molar-refractivity contribution in [3.8, 4) is 5.75 Å². The maximum atomic E-state index is 11.8. The number of benzene rings is 1. The van der Waals surface area contributed by atoms with Gasteiger partial charge in [-0.1, -0.05) is 0 Å². The maximum Gasteiger partial charge on any atom is 0.389 e. The molecule has 0 aliphatic carbocycles. The summed E-state index contributed by atoms with van der Waals surface area (Å²) >= 11 is 0. The molecule has 0 fully saturated rings. The van der Waals surface area contributed by atoms with Crippen LogP contribution in [0.3, 0.4) is 0 Å². The van der Waals surface area contributed by atoms with E-state index in [4.69, 9.17) is 4.74 Å². The van der Waals surface area contributed by atoms with Crippen LogP contribution in [0, 0.1) is 0 Å². The first-order chi connectivity index (χ1) is 7.51. The fourth-order valence-electron chi connectivity index (χ4n) is 1.18. The third-order valence-corrected chi connectivity index (χ3v) is 1.99. The fourth-order valence-corrected chi connectivity index (χ4v) is 1.18. The molecule has 0 aromatic heterocycles. The second kappa shape index (κ2) is 5.63. The molecule has 0 unspecified atom stereocenters. The van der Waals surface area contributed by atoms with Crippen LogP contribution in [0.25, 0.3) is 0 Å². The molecule has 89 valence electrons. The topological polar surface area (TPSA) is 23.3 Å². The van der Waals surface area contributed by atoms with Gasteiger partial charge in [-0.15, -0.1) is 0 Å². The largest absolute Gasteiger partial charge is 0.497 e. The molecule has 2 nitrogen and oxygen atoms in total. The normalized spacial score (nSPS) is 11.2. The third-order valence-electron chi connectivity index (χ3n) is 1.99. The molecule has 1 aromatic carbocycles. The molecule has 0 heterocycles. The van der Waals surface area contributed by atoms with Crippen LogP contribution in [0.2, 0.25) is 0 Å². The molecule has 0 aliphatic heterocycles. The molecule has 0 amide bonds. The monoisotopic (exact) mass is 232 g/mol. The van der Waals surface area contributed by atoms with Crippen LogP contribution in [0.1, 0.15) is 12.8 Å². The van der Waals surface area contributed by atoms with Crippen molar-refractivity contribution in [1.29, 1.82) is 0 Å². The summed E-state index contributed by atoms with van der Waals surface area (Å²) in [6, 6.07) is 6.88. The highest BCUT2D eigenvalue weighted by molar-refractivity contribution is 5.40. The molecular formula is C11H13F3NO. The van der Waals surface area contributed by atoms with Gasteiger partial charge in [-0.2, -0.15) is 13.2 Å². The summed E-state index contributed by atoms with van der Waals surface area (Å²) in [4.78, 5) is 0. The van der Waals surface area contributed by atoms with E-state index in [0.717, 1.165) is 0 Å². The zero-order chi connectivity index (χ0) is 12.0. The number of rotatable bonds is 5. The summed E-state index contributed by atoms with van der Waals surface area (Å²) in [5.74, 6) is 0.703. The van der Waals surface area contributed by atoms with Gasteiger partial charge in [0.05, 0.1) is 12.8 Å². The number of methoxy groups -OCH3 is 1. The van der Waals surface area contributed by atoms with Crippen LogP contribution in [0.4, 0.5) is 18.9 Å². The van der Waals surface area contributed by atoms with E-state index >= 15 is 0 Å². The number of hydrogen-bond acceptors (Lipinski definition) is 1. The molecule has 0 aliphatic rings. The molecule has 0 saturated carbocycles. The minimum Gasteiger partial charge on any atom is -0.497 e. The molecule has 1 aromatic rings. The zero-order valence-electron chi connectivity index (χ0n) is 8.92. The highest BCUT2D eigenvalue weighted by Crippen LogP contribution is 2.21. The Morgan fingerprint density at radius 3 is 2.31 bits per heavy atom. The molecular weight excluding hydrogens is 219 g/mol. The average molecular weight is 232 g/mol. The lowest BCUT2D eigenvalue weighted by molar-refractivity contribution is -0.135. The Balaban J connectivity index is 2.27. The molecule has 0 saturated heterocycles. The van der Waals surface area contributed by atoms with Gasteiger partial charge < -0.3 is 4.74 Å². The standard InChI is InChI=1S/C11H13F3NO/c1-16-10-5-3-9(4-6-10)15-8-2-7-11(12,13)14/h3-6H,2,7-8H2,1H3. The van der Waals surface area contributed by atoms with Gasteiger partial charge in [0, 0.05) is 13.0 Å². The van der Waals surface area contributed by atoms with Crippen LogP contribution in [-0.4, -0.2) is 19.8 Å². The Labute approximate surface area is 92.4 Å². The van der Waals surface area contributed by atoms with Crippen LogP contribution < -0.4 is 10.1 Å². The molecule has 5 heteroatoms. The fraction of sp³-hybridized carbons (Fsp3) is 0.455. The van der Waals surface area contributed by atoms with E-state index in [1.807, 2.05) is 0 Å². The molecule has 0 spiro atoms. The Morgan fingerprint density at radius 2 is 1.81 bits per heavy atom. The van der Waals surface area contributed by atoms with Crippen molar-refractivity contribution in [1.82, 2.24) is 5.32 Å². The van der Waals surface area contributed by atoms with Crippen molar-refractivity contribution in [2.45, 2.75) is 19.0 Å². The number of nitrogens with zero attached hydrogens (tertiary/aromatic N) is 1. The second-order valence-electron chi connectivity index (χ2n) is 3.30. The third kappa shape index (κ3) is 4.91. The number of ether oxygens (including phenoxy) is 1. The van der Waals surface area contributed by atoms with Gasteiger partial charge in [0.25, 0.3) is 0 Å². The van der Waals surface area contributed by atoms with Crippen LogP contribution in [0.15, 0.2) is 24.3 Å². The van der Waals surface area contributed by atoms with Crippen LogP contribution in [-0.2, 0) is 0 Å². The van der Waals surface area contributed by atoms with E-state index < -0.39 is 12.6 Å². The lowest BCUT2D eigenvalue weighted by Crippen LogP contribution is -2.10. The highest BCUT2D eigenvalue weighted by Gasteiger charge is 2.25. The van der Waals surface area contributed by atoms with Crippen molar-refractivity contribution in [2.24, 2.45) is 0 Å². The Kier molecular flexibility index (Phi) is 4.46. The Morgan fingerprint density at radius 1 is 1.19 bits per heavy atom. The number of alkyl halides is 3. The maximum absolute atomic E-state index is 11.8.